The second-order valence-corrected chi connectivity index (χ2v) is 7.21. The van der Waals surface area contributed by atoms with Crippen LogP contribution in [-0.2, 0) is 0 Å². The molecular weight excluding hydrogens is 430 g/mol. The smallest absolute Gasteiger partial charge is 0.259 e. The molecule has 0 radical (unpaired) electrons. The van der Waals surface area contributed by atoms with Crippen LogP contribution in [0.1, 0.15) is 27.6 Å². The van der Waals surface area contributed by atoms with Crippen LogP contribution in [0.2, 0.25) is 0 Å². The van der Waals surface area contributed by atoms with Gasteiger partial charge in [-0.25, -0.2) is 4.98 Å². The molecule has 0 saturated carbocycles. The third-order valence-corrected chi connectivity index (χ3v) is 4.73. The molecule has 0 fully saturated rings. The van der Waals surface area contributed by atoms with Gasteiger partial charge in [0.05, 0.1) is 12.2 Å². The van der Waals surface area contributed by atoms with Crippen molar-refractivity contribution in [1.29, 1.82) is 0 Å². The highest BCUT2D eigenvalue weighted by molar-refractivity contribution is 9.10. The fraction of sp³-hybridized carbons (Fsp3) is 0.105. The Morgan fingerprint density at radius 1 is 1.11 bits per heavy atom. The van der Waals surface area contributed by atoms with Gasteiger partial charge in [0.25, 0.3) is 11.8 Å². The Hall–Kier alpha value is -2.71. The monoisotopic (exact) mass is 445 g/mol. The Labute approximate surface area is 168 Å². The number of halogens is 1. The first-order valence-electron chi connectivity index (χ1n) is 8.11. The number of nitrogens with zero attached hydrogens (tertiary/aromatic N) is 1. The van der Waals surface area contributed by atoms with E-state index in [1.807, 2.05) is 13.0 Å². The van der Waals surface area contributed by atoms with Gasteiger partial charge in [-0.3, -0.25) is 14.9 Å². The zero-order chi connectivity index (χ0) is 19.2. The number of rotatable bonds is 6. The van der Waals surface area contributed by atoms with Gasteiger partial charge in [0.2, 0.25) is 0 Å². The molecule has 1 aromatic heterocycles. The molecule has 0 unspecified atom stereocenters. The molecule has 2 N–H and O–H groups in total. The van der Waals surface area contributed by atoms with E-state index in [1.54, 1.807) is 48.0 Å². The van der Waals surface area contributed by atoms with Gasteiger partial charge in [-0.1, -0.05) is 15.9 Å². The average Bonchev–Trinajstić information content (AvgIpc) is 3.17. The van der Waals surface area contributed by atoms with E-state index < -0.39 is 0 Å². The van der Waals surface area contributed by atoms with E-state index in [1.165, 1.54) is 11.3 Å². The van der Waals surface area contributed by atoms with Gasteiger partial charge >= 0.3 is 0 Å². The van der Waals surface area contributed by atoms with Crippen LogP contribution in [0.4, 0.5) is 10.8 Å². The maximum Gasteiger partial charge on any atom is 0.259 e. The summed E-state index contributed by atoms with van der Waals surface area (Å²) in [5, 5.41) is 7.85. The molecule has 3 rings (SSSR count). The standard InChI is InChI=1S/C19H16BrN3O3S/c1-2-26-16-8-5-13(20)11-15(16)18(25)22-14-6-3-12(4-7-14)17(24)23-19-21-9-10-27-19/h3-11H,2H2,1H3,(H,22,25)(H,21,23,24). The van der Waals surface area contributed by atoms with Crippen LogP contribution >= 0.6 is 27.3 Å². The van der Waals surface area contributed by atoms with E-state index in [4.69, 9.17) is 4.74 Å². The van der Waals surface area contributed by atoms with Crippen LogP contribution in [-0.4, -0.2) is 23.4 Å². The molecule has 0 aliphatic rings. The van der Waals surface area contributed by atoms with E-state index in [9.17, 15) is 9.59 Å². The van der Waals surface area contributed by atoms with Crippen molar-refractivity contribution < 1.29 is 14.3 Å². The van der Waals surface area contributed by atoms with Crippen LogP contribution in [0.3, 0.4) is 0 Å². The summed E-state index contributed by atoms with van der Waals surface area (Å²) in [5.41, 5.74) is 1.48. The molecule has 2 amide bonds. The Kier molecular flexibility index (Phi) is 6.20. The zero-order valence-corrected chi connectivity index (χ0v) is 16.8. The predicted molar refractivity (Wildman–Crippen MR) is 110 cm³/mol. The highest BCUT2D eigenvalue weighted by Crippen LogP contribution is 2.24. The molecule has 1 heterocycles. The summed E-state index contributed by atoms with van der Waals surface area (Å²) in [6.07, 6.45) is 1.62. The third kappa shape index (κ3) is 4.93. The fourth-order valence-corrected chi connectivity index (χ4v) is 3.20. The number of amides is 2. The highest BCUT2D eigenvalue weighted by atomic mass is 79.9. The van der Waals surface area contributed by atoms with Crippen molar-refractivity contribution in [3.63, 3.8) is 0 Å². The molecule has 3 aromatic rings. The van der Waals surface area contributed by atoms with Gasteiger partial charge in [-0.15, -0.1) is 11.3 Å². The minimum atomic E-state index is -0.292. The fourth-order valence-electron chi connectivity index (χ4n) is 2.32. The van der Waals surface area contributed by atoms with Gasteiger partial charge in [-0.05, 0) is 49.4 Å². The number of aromatic nitrogens is 1. The molecule has 6 nitrogen and oxygen atoms in total. The summed E-state index contributed by atoms with van der Waals surface area (Å²) in [7, 11) is 0. The summed E-state index contributed by atoms with van der Waals surface area (Å²) in [6.45, 7) is 2.32. The van der Waals surface area contributed by atoms with Gasteiger partial charge in [0.1, 0.15) is 5.75 Å². The molecule has 2 aromatic carbocycles. The number of ether oxygens (including phenoxy) is 1. The maximum absolute atomic E-state index is 12.6. The SMILES string of the molecule is CCOc1ccc(Br)cc1C(=O)Nc1ccc(C(=O)Nc2nccs2)cc1. The largest absolute Gasteiger partial charge is 0.493 e. The van der Waals surface area contributed by atoms with Crippen molar-refractivity contribution in [1.82, 2.24) is 4.98 Å². The number of hydrogen-bond donors (Lipinski definition) is 2. The number of carbonyl (C=O) groups is 2. The van der Waals surface area contributed by atoms with Crippen LogP contribution in [0, 0.1) is 0 Å². The molecule has 138 valence electrons. The van der Waals surface area contributed by atoms with Crippen LogP contribution in [0.15, 0.2) is 58.5 Å². The van der Waals surface area contributed by atoms with E-state index in [0.29, 0.717) is 34.3 Å². The highest BCUT2D eigenvalue weighted by Gasteiger charge is 2.14. The number of nitrogens with one attached hydrogen (secondary N) is 2. The second-order valence-electron chi connectivity index (χ2n) is 5.40. The molecule has 0 aliphatic heterocycles. The molecule has 0 saturated heterocycles. The molecule has 8 heteroatoms. The third-order valence-electron chi connectivity index (χ3n) is 3.54. The number of hydrogen-bond acceptors (Lipinski definition) is 5. The van der Waals surface area contributed by atoms with Crippen molar-refractivity contribution in [3.05, 3.63) is 69.6 Å². The van der Waals surface area contributed by atoms with Gasteiger partial charge in [-0.2, -0.15) is 0 Å². The number of benzene rings is 2. The van der Waals surface area contributed by atoms with Crippen LogP contribution in [0.25, 0.3) is 0 Å². The Balaban J connectivity index is 1.70. The Morgan fingerprint density at radius 3 is 2.56 bits per heavy atom. The van der Waals surface area contributed by atoms with Gasteiger partial charge < -0.3 is 10.1 Å². The molecule has 0 atom stereocenters. The van der Waals surface area contributed by atoms with Crippen LogP contribution < -0.4 is 15.4 Å². The van der Waals surface area contributed by atoms with E-state index in [0.717, 1.165) is 4.47 Å². The summed E-state index contributed by atoms with van der Waals surface area (Å²) in [4.78, 5) is 28.8. The van der Waals surface area contributed by atoms with Gasteiger partial charge in [0, 0.05) is 27.3 Å². The molecule has 27 heavy (non-hydrogen) atoms. The quantitative estimate of drug-likeness (QED) is 0.570. The van der Waals surface area contributed by atoms with E-state index in [-0.39, 0.29) is 11.8 Å². The average molecular weight is 446 g/mol. The lowest BCUT2D eigenvalue weighted by molar-refractivity contribution is 0.101. The number of anilines is 2. The summed E-state index contributed by atoms with van der Waals surface area (Å²) in [5.74, 6) is -0.0363. The lowest BCUT2D eigenvalue weighted by atomic mass is 10.1. The normalized spacial score (nSPS) is 10.3. The molecular formula is C19H16BrN3O3S. The first-order valence-corrected chi connectivity index (χ1v) is 9.78. The minimum absolute atomic E-state index is 0.256. The Bertz CT molecular complexity index is 943. The zero-order valence-electron chi connectivity index (χ0n) is 14.4. The molecule has 0 bridgehead atoms. The summed E-state index contributed by atoms with van der Waals surface area (Å²) >= 11 is 4.71. The minimum Gasteiger partial charge on any atom is -0.493 e. The number of thiazole rings is 1. The van der Waals surface area contributed by atoms with Crippen molar-refractivity contribution in [3.8, 4) is 5.75 Å². The van der Waals surface area contributed by atoms with Crippen molar-refractivity contribution in [2.45, 2.75) is 6.92 Å². The van der Waals surface area contributed by atoms with Crippen molar-refractivity contribution >= 4 is 49.9 Å². The van der Waals surface area contributed by atoms with Crippen molar-refractivity contribution in [2.75, 3.05) is 17.2 Å². The summed E-state index contributed by atoms with van der Waals surface area (Å²) in [6, 6.07) is 11.9. The predicted octanol–water partition coefficient (Wildman–Crippen LogP) is 4.81. The second kappa shape index (κ2) is 8.79. The van der Waals surface area contributed by atoms with E-state index in [2.05, 4.69) is 31.5 Å². The molecule has 0 aliphatic carbocycles. The lowest BCUT2D eigenvalue weighted by Gasteiger charge is -2.11. The lowest BCUT2D eigenvalue weighted by Crippen LogP contribution is -2.14. The first-order chi connectivity index (χ1) is 13.1. The topological polar surface area (TPSA) is 80.3 Å². The van der Waals surface area contributed by atoms with Gasteiger partial charge in [0.15, 0.2) is 5.13 Å². The first kappa shape index (κ1) is 19.1. The Morgan fingerprint density at radius 2 is 1.89 bits per heavy atom. The van der Waals surface area contributed by atoms with Crippen molar-refractivity contribution in [2.24, 2.45) is 0 Å². The van der Waals surface area contributed by atoms with Crippen LogP contribution in [0.5, 0.6) is 5.75 Å². The maximum atomic E-state index is 12.6. The number of carbonyl (C=O) groups excluding carboxylic acids is 2. The molecule has 0 spiro atoms. The summed E-state index contributed by atoms with van der Waals surface area (Å²) < 4.78 is 6.29. The van der Waals surface area contributed by atoms with E-state index >= 15 is 0 Å².